The van der Waals surface area contributed by atoms with Gasteiger partial charge in [0.25, 0.3) is 0 Å². The summed E-state index contributed by atoms with van der Waals surface area (Å²) in [4.78, 5) is 28.4. The van der Waals surface area contributed by atoms with Crippen LogP contribution in [0.25, 0.3) is 0 Å². The second-order valence-corrected chi connectivity index (χ2v) is 6.98. The maximum atomic E-state index is 12.4. The van der Waals surface area contributed by atoms with Crippen molar-refractivity contribution in [1.29, 1.82) is 0 Å². The molecule has 2 aliphatic heterocycles. The van der Waals surface area contributed by atoms with Gasteiger partial charge in [-0.2, -0.15) is 0 Å². The fourth-order valence-corrected chi connectivity index (χ4v) is 3.58. The van der Waals surface area contributed by atoms with Gasteiger partial charge < -0.3 is 19.9 Å². The van der Waals surface area contributed by atoms with Crippen molar-refractivity contribution in [1.82, 2.24) is 10.2 Å². The van der Waals surface area contributed by atoms with Gasteiger partial charge in [-0.05, 0) is 49.9 Å². The average molecular weight is 345 g/mol. The largest absolute Gasteiger partial charge is 0.494 e. The number of benzene rings is 1. The molecule has 2 aliphatic rings. The summed E-state index contributed by atoms with van der Waals surface area (Å²) in [7, 11) is 0. The topological polar surface area (TPSA) is 61.9 Å². The van der Waals surface area contributed by atoms with E-state index in [9.17, 15) is 9.59 Å². The molecule has 0 spiro atoms. The monoisotopic (exact) mass is 345 g/mol. The minimum Gasteiger partial charge on any atom is -0.494 e. The van der Waals surface area contributed by atoms with E-state index in [0.29, 0.717) is 25.5 Å². The van der Waals surface area contributed by atoms with Crippen LogP contribution in [0.15, 0.2) is 24.3 Å². The van der Waals surface area contributed by atoms with Crippen LogP contribution < -0.4 is 15.0 Å². The number of amides is 3. The van der Waals surface area contributed by atoms with Crippen LogP contribution in [0, 0.1) is 5.92 Å². The Morgan fingerprint density at radius 3 is 2.72 bits per heavy atom. The zero-order valence-electron chi connectivity index (χ0n) is 15.0. The van der Waals surface area contributed by atoms with Crippen molar-refractivity contribution in [3.63, 3.8) is 0 Å². The van der Waals surface area contributed by atoms with Crippen LogP contribution in [0.5, 0.6) is 5.75 Å². The Labute approximate surface area is 149 Å². The maximum absolute atomic E-state index is 12.4. The van der Waals surface area contributed by atoms with Crippen molar-refractivity contribution in [3.8, 4) is 5.75 Å². The molecule has 0 unspecified atom stereocenters. The van der Waals surface area contributed by atoms with Crippen LogP contribution in [0.1, 0.15) is 33.1 Å². The standard InChI is InChI=1S/C19H27N3O3/c1-3-25-17-8-6-16(7-9-17)22-13-15(11-18(22)23)20-19(24)21-10-4-5-14(2)12-21/h6-9,14-15H,3-5,10-13H2,1-2H3,(H,20,24)/t14-,15+/m1/s1. The molecule has 3 rings (SSSR count). The molecule has 2 fully saturated rings. The van der Waals surface area contributed by atoms with Crippen molar-refractivity contribution in [2.75, 3.05) is 31.1 Å². The lowest BCUT2D eigenvalue weighted by atomic mass is 10.0. The van der Waals surface area contributed by atoms with Crippen LogP contribution in [-0.4, -0.2) is 49.1 Å². The molecule has 2 saturated heterocycles. The third kappa shape index (κ3) is 4.24. The molecule has 0 radical (unpaired) electrons. The van der Waals surface area contributed by atoms with Crippen LogP contribution in [-0.2, 0) is 4.79 Å². The highest BCUT2D eigenvalue weighted by Crippen LogP contribution is 2.24. The summed E-state index contributed by atoms with van der Waals surface area (Å²) in [6.45, 7) is 6.85. The molecular weight excluding hydrogens is 318 g/mol. The number of anilines is 1. The fourth-order valence-electron chi connectivity index (χ4n) is 3.58. The Morgan fingerprint density at radius 1 is 1.28 bits per heavy atom. The first kappa shape index (κ1) is 17.6. The Balaban J connectivity index is 1.57. The first-order valence-electron chi connectivity index (χ1n) is 9.15. The predicted molar refractivity (Wildman–Crippen MR) is 96.9 cm³/mol. The quantitative estimate of drug-likeness (QED) is 0.912. The van der Waals surface area contributed by atoms with Crippen molar-refractivity contribution in [2.24, 2.45) is 5.92 Å². The highest BCUT2D eigenvalue weighted by Gasteiger charge is 2.33. The second kappa shape index (κ2) is 7.76. The van der Waals surface area contributed by atoms with E-state index in [1.54, 1.807) is 4.90 Å². The number of carbonyl (C=O) groups is 2. The van der Waals surface area contributed by atoms with E-state index >= 15 is 0 Å². The van der Waals surface area contributed by atoms with Crippen LogP contribution in [0.2, 0.25) is 0 Å². The fraction of sp³-hybridized carbons (Fsp3) is 0.579. The van der Waals surface area contributed by atoms with Gasteiger partial charge in [-0.1, -0.05) is 6.92 Å². The van der Waals surface area contributed by atoms with E-state index in [1.165, 1.54) is 6.42 Å². The molecule has 1 aromatic carbocycles. The number of hydrogen-bond donors (Lipinski definition) is 1. The van der Waals surface area contributed by atoms with Crippen molar-refractivity contribution in [2.45, 2.75) is 39.2 Å². The highest BCUT2D eigenvalue weighted by atomic mass is 16.5. The first-order valence-corrected chi connectivity index (χ1v) is 9.15. The number of nitrogens with one attached hydrogen (secondary N) is 1. The molecule has 6 nitrogen and oxygen atoms in total. The zero-order valence-corrected chi connectivity index (χ0v) is 15.0. The van der Waals surface area contributed by atoms with E-state index in [-0.39, 0.29) is 18.0 Å². The van der Waals surface area contributed by atoms with E-state index in [2.05, 4.69) is 12.2 Å². The van der Waals surface area contributed by atoms with Gasteiger partial charge in [0.2, 0.25) is 5.91 Å². The van der Waals surface area contributed by atoms with Gasteiger partial charge in [-0.3, -0.25) is 4.79 Å². The predicted octanol–water partition coefficient (Wildman–Crippen LogP) is 2.63. The molecule has 136 valence electrons. The molecule has 6 heteroatoms. The molecule has 1 aromatic rings. The number of rotatable bonds is 4. The summed E-state index contributed by atoms with van der Waals surface area (Å²) >= 11 is 0. The van der Waals surface area contributed by atoms with Crippen molar-refractivity contribution < 1.29 is 14.3 Å². The smallest absolute Gasteiger partial charge is 0.317 e. The summed E-state index contributed by atoms with van der Waals surface area (Å²) < 4.78 is 5.43. The average Bonchev–Trinajstić information content (AvgIpc) is 2.96. The Hall–Kier alpha value is -2.24. The third-order valence-corrected chi connectivity index (χ3v) is 4.86. The molecule has 1 N–H and O–H groups in total. The minimum absolute atomic E-state index is 0.0430. The molecule has 2 atom stereocenters. The van der Waals surface area contributed by atoms with Gasteiger partial charge in [0, 0.05) is 31.7 Å². The van der Waals surface area contributed by atoms with E-state index in [4.69, 9.17) is 4.74 Å². The third-order valence-electron chi connectivity index (χ3n) is 4.86. The molecule has 0 aromatic heterocycles. The van der Waals surface area contributed by atoms with Gasteiger partial charge in [0.15, 0.2) is 0 Å². The van der Waals surface area contributed by atoms with Crippen LogP contribution in [0.3, 0.4) is 0 Å². The molecular formula is C19H27N3O3. The number of piperidine rings is 1. The van der Waals surface area contributed by atoms with E-state index in [1.807, 2.05) is 36.1 Å². The second-order valence-electron chi connectivity index (χ2n) is 6.98. The molecule has 0 bridgehead atoms. The lowest BCUT2D eigenvalue weighted by molar-refractivity contribution is -0.117. The number of carbonyl (C=O) groups excluding carboxylic acids is 2. The molecule has 0 aliphatic carbocycles. The summed E-state index contributed by atoms with van der Waals surface area (Å²) in [6.07, 6.45) is 2.58. The lowest BCUT2D eigenvalue weighted by Gasteiger charge is -2.31. The summed E-state index contributed by atoms with van der Waals surface area (Å²) in [5.41, 5.74) is 0.844. The van der Waals surface area contributed by atoms with E-state index < -0.39 is 0 Å². The normalized spacial score (nSPS) is 23.7. The van der Waals surface area contributed by atoms with Gasteiger partial charge in [-0.15, -0.1) is 0 Å². The van der Waals surface area contributed by atoms with Crippen LogP contribution in [0.4, 0.5) is 10.5 Å². The van der Waals surface area contributed by atoms with Crippen molar-refractivity contribution >= 4 is 17.6 Å². The highest BCUT2D eigenvalue weighted by molar-refractivity contribution is 5.96. The first-order chi connectivity index (χ1) is 12.1. The SMILES string of the molecule is CCOc1ccc(N2C[C@@H](NC(=O)N3CCC[C@@H](C)C3)CC2=O)cc1. The molecule has 0 saturated carbocycles. The number of urea groups is 1. The van der Waals surface area contributed by atoms with Crippen molar-refractivity contribution in [3.05, 3.63) is 24.3 Å². The van der Waals surface area contributed by atoms with E-state index in [0.717, 1.165) is 30.9 Å². The Bertz CT molecular complexity index is 617. The molecule has 2 heterocycles. The summed E-state index contributed by atoms with van der Waals surface area (Å²) in [5.74, 6) is 1.38. The van der Waals surface area contributed by atoms with Gasteiger partial charge in [0.1, 0.15) is 5.75 Å². The minimum atomic E-state index is -0.135. The molecule has 3 amide bonds. The number of ether oxygens (including phenoxy) is 1. The maximum Gasteiger partial charge on any atom is 0.317 e. The zero-order chi connectivity index (χ0) is 17.8. The summed E-state index contributed by atoms with van der Waals surface area (Å²) in [6, 6.07) is 7.33. The summed E-state index contributed by atoms with van der Waals surface area (Å²) in [5, 5.41) is 3.03. The Morgan fingerprint density at radius 2 is 2.04 bits per heavy atom. The molecule has 25 heavy (non-hydrogen) atoms. The Kier molecular flexibility index (Phi) is 5.46. The lowest BCUT2D eigenvalue weighted by Crippen LogP contribution is -2.49. The van der Waals surface area contributed by atoms with Gasteiger partial charge in [0.05, 0.1) is 12.6 Å². The number of hydrogen-bond acceptors (Lipinski definition) is 3. The van der Waals surface area contributed by atoms with Gasteiger partial charge in [-0.25, -0.2) is 4.79 Å². The number of nitrogens with zero attached hydrogens (tertiary/aromatic N) is 2. The number of likely N-dealkylation sites (tertiary alicyclic amines) is 1. The van der Waals surface area contributed by atoms with Crippen LogP contribution >= 0.6 is 0 Å². The van der Waals surface area contributed by atoms with Gasteiger partial charge >= 0.3 is 6.03 Å².